The quantitative estimate of drug-likeness (QED) is 0.557. The molecule has 4 saturated carbocycles. The van der Waals surface area contributed by atoms with Gasteiger partial charge in [-0.25, -0.2) is 0 Å². The SMILES string of the molecule is CC(C)CCC(C)[C@H]1CC[C@H]2[C@@H]3CC[C@H]4C[C@@H](O)CC[C@]4(C)[C@H]3CC[C@]12C. The van der Waals surface area contributed by atoms with Crippen molar-refractivity contribution in [2.24, 2.45) is 52.3 Å². The van der Waals surface area contributed by atoms with Crippen molar-refractivity contribution in [1.29, 1.82) is 0 Å². The highest BCUT2D eigenvalue weighted by Crippen LogP contribution is 2.68. The van der Waals surface area contributed by atoms with E-state index in [1.165, 1.54) is 57.8 Å². The second-order valence-corrected chi connectivity index (χ2v) is 12.3. The summed E-state index contributed by atoms with van der Waals surface area (Å²) in [7, 11) is 0. The standard InChI is InChI=1S/C26H46O/c1-17(2)6-7-18(3)22-10-11-23-21-9-8-19-16-20(27)12-14-25(19,4)24(21)13-15-26(22,23)5/h17-24,27H,6-16H2,1-5H3/t18?,19-,20-,21-,22+,23-,24-,25-,26+/m0/s1. The Bertz CT molecular complexity index is 526. The molecule has 0 aromatic carbocycles. The van der Waals surface area contributed by atoms with Crippen molar-refractivity contribution in [3.05, 3.63) is 0 Å². The fraction of sp³-hybridized carbons (Fsp3) is 1.00. The summed E-state index contributed by atoms with van der Waals surface area (Å²) in [6.45, 7) is 12.7. The van der Waals surface area contributed by atoms with Crippen LogP contribution in [0.3, 0.4) is 0 Å². The van der Waals surface area contributed by atoms with Gasteiger partial charge < -0.3 is 5.11 Å². The van der Waals surface area contributed by atoms with Gasteiger partial charge in [-0.3, -0.25) is 0 Å². The minimum Gasteiger partial charge on any atom is -0.393 e. The fourth-order valence-electron chi connectivity index (χ4n) is 9.01. The first kappa shape index (κ1) is 20.2. The van der Waals surface area contributed by atoms with E-state index in [9.17, 15) is 5.11 Å². The minimum absolute atomic E-state index is 0.00820. The highest BCUT2D eigenvalue weighted by atomic mass is 16.3. The molecule has 27 heavy (non-hydrogen) atoms. The highest BCUT2D eigenvalue weighted by Gasteiger charge is 2.60. The van der Waals surface area contributed by atoms with Crippen molar-refractivity contribution in [3.8, 4) is 0 Å². The summed E-state index contributed by atoms with van der Waals surface area (Å²) in [4.78, 5) is 0. The minimum atomic E-state index is -0.00820. The molecule has 4 fully saturated rings. The van der Waals surface area contributed by atoms with E-state index in [1.807, 2.05) is 0 Å². The van der Waals surface area contributed by atoms with Crippen LogP contribution in [0.15, 0.2) is 0 Å². The third-order valence-corrected chi connectivity index (χ3v) is 10.6. The van der Waals surface area contributed by atoms with Crippen LogP contribution in [-0.2, 0) is 0 Å². The molecule has 0 radical (unpaired) electrons. The summed E-state index contributed by atoms with van der Waals surface area (Å²) in [6.07, 6.45) is 15.1. The monoisotopic (exact) mass is 374 g/mol. The summed E-state index contributed by atoms with van der Waals surface area (Å²) in [5.74, 6) is 6.47. The number of aliphatic hydroxyl groups excluding tert-OH is 1. The number of fused-ring (bicyclic) bond motifs is 5. The van der Waals surface area contributed by atoms with Gasteiger partial charge in [0.1, 0.15) is 0 Å². The molecule has 1 nitrogen and oxygen atoms in total. The maximum atomic E-state index is 10.2. The molecule has 4 rings (SSSR count). The smallest absolute Gasteiger partial charge is 0.0543 e. The molecule has 1 unspecified atom stereocenters. The molecule has 0 saturated heterocycles. The molecule has 0 amide bonds. The molecule has 9 atom stereocenters. The van der Waals surface area contributed by atoms with Crippen LogP contribution in [0.5, 0.6) is 0 Å². The highest BCUT2D eigenvalue weighted by molar-refractivity contribution is 5.09. The predicted octanol–water partition coefficient (Wildman–Crippen LogP) is 7.08. The molecule has 0 aliphatic heterocycles. The molecular formula is C26H46O. The first-order chi connectivity index (χ1) is 12.8. The molecule has 1 N–H and O–H groups in total. The summed E-state index contributed by atoms with van der Waals surface area (Å²) in [5, 5.41) is 10.2. The van der Waals surface area contributed by atoms with Gasteiger partial charge in [-0.1, -0.05) is 47.5 Å². The zero-order valence-electron chi connectivity index (χ0n) is 18.8. The van der Waals surface area contributed by atoms with Crippen molar-refractivity contribution in [2.45, 2.75) is 111 Å². The Morgan fingerprint density at radius 2 is 1.52 bits per heavy atom. The summed E-state index contributed by atoms with van der Waals surface area (Å²) >= 11 is 0. The Labute approximate surface area is 169 Å². The van der Waals surface area contributed by atoms with Crippen LogP contribution in [0.1, 0.15) is 105 Å². The van der Waals surface area contributed by atoms with Crippen LogP contribution >= 0.6 is 0 Å². The van der Waals surface area contributed by atoms with Crippen LogP contribution in [0, 0.1) is 52.3 Å². The Kier molecular flexibility index (Phi) is 5.50. The van der Waals surface area contributed by atoms with Gasteiger partial charge >= 0.3 is 0 Å². The van der Waals surface area contributed by atoms with E-state index in [4.69, 9.17) is 0 Å². The van der Waals surface area contributed by atoms with Gasteiger partial charge in [-0.05, 0) is 110 Å². The lowest BCUT2D eigenvalue weighted by Crippen LogP contribution is -2.54. The normalized spacial score (nSPS) is 50.8. The van der Waals surface area contributed by atoms with Crippen molar-refractivity contribution in [3.63, 3.8) is 0 Å². The van der Waals surface area contributed by atoms with E-state index in [2.05, 4.69) is 34.6 Å². The molecule has 0 bridgehead atoms. The summed E-state index contributed by atoms with van der Waals surface area (Å²) < 4.78 is 0. The second kappa shape index (κ2) is 7.33. The molecule has 1 heteroatoms. The first-order valence-electron chi connectivity index (χ1n) is 12.4. The van der Waals surface area contributed by atoms with Crippen LogP contribution in [-0.4, -0.2) is 11.2 Å². The van der Waals surface area contributed by atoms with Gasteiger partial charge in [-0.2, -0.15) is 0 Å². The van der Waals surface area contributed by atoms with Gasteiger partial charge in [0.25, 0.3) is 0 Å². The lowest BCUT2D eigenvalue weighted by atomic mass is 9.44. The molecule has 0 aromatic heterocycles. The Morgan fingerprint density at radius 3 is 2.26 bits per heavy atom. The molecule has 4 aliphatic rings. The van der Waals surface area contributed by atoms with Crippen molar-refractivity contribution in [1.82, 2.24) is 0 Å². The zero-order valence-corrected chi connectivity index (χ0v) is 18.8. The molecule has 4 aliphatic carbocycles. The summed E-state index contributed by atoms with van der Waals surface area (Å²) in [5.41, 5.74) is 1.15. The molecule has 156 valence electrons. The van der Waals surface area contributed by atoms with E-state index < -0.39 is 0 Å². The summed E-state index contributed by atoms with van der Waals surface area (Å²) in [6, 6.07) is 0. The molecule has 0 aromatic rings. The van der Waals surface area contributed by atoms with E-state index >= 15 is 0 Å². The predicted molar refractivity (Wildman–Crippen MR) is 114 cm³/mol. The Hall–Kier alpha value is -0.0400. The molecular weight excluding hydrogens is 328 g/mol. The van der Waals surface area contributed by atoms with Gasteiger partial charge in [0.05, 0.1) is 6.10 Å². The lowest BCUT2D eigenvalue weighted by Gasteiger charge is -2.61. The first-order valence-corrected chi connectivity index (χ1v) is 12.4. The van der Waals surface area contributed by atoms with E-state index in [0.717, 1.165) is 54.3 Å². The number of aliphatic hydroxyl groups is 1. The van der Waals surface area contributed by atoms with Crippen LogP contribution in [0.2, 0.25) is 0 Å². The van der Waals surface area contributed by atoms with Gasteiger partial charge in [0, 0.05) is 0 Å². The van der Waals surface area contributed by atoms with Gasteiger partial charge in [0.15, 0.2) is 0 Å². The topological polar surface area (TPSA) is 20.2 Å². The van der Waals surface area contributed by atoms with Crippen LogP contribution < -0.4 is 0 Å². The van der Waals surface area contributed by atoms with E-state index in [1.54, 1.807) is 0 Å². The maximum Gasteiger partial charge on any atom is 0.0543 e. The van der Waals surface area contributed by atoms with Crippen LogP contribution in [0.25, 0.3) is 0 Å². The average Bonchev–Trinajstić information content (AvgIpc) is 2.97. The lowest BCUT2D eigenvalue weighted by molar-refractivity contribution is -0.129. The van der Waals surface area contributed by atoms with Crippen molar-refractivity contribution < 1.29 is 5.11 Å². The van der Waals surface area contributed by atoms with Gasteiger partial charge in [-0.15, -0.1) is 0 Å². The van der Waals surface area contributed by atoms with Crippen molar-refractivity contribution >= 4 is 0 Å². The fourth-order valence-corrected chi connectivity index (χ4v) is 9.01. The molecule has 0 spiro atoms. The number of rotatable bonds is 4. The third kappa shape index (κ3) is 3.32. The maximum absolute atomic E-state index is 10.2. The largest absolute Gasteiger partial charge is 0.393 e. The van der Waals surface area contributed by atoms with Crippen molar-refractivity contribution in [2.75, 3.05) is 0 Å². The van der Waals surface area contributed by atoms with Gasteiger partial charge in [0.2, 0.25) is 0 Å². The zero-order chi connectivity index (χ0) is 19.4. The second-order valence-electron chi connectivity index (χ2n) is 12.3. The Balaban J connectivity index is 1.50. The third-order valence-electron chi connectivity index (χ3n) is 10.6. The number of hydrogen-bond donors (Lipinski definition) is 1. The van der Waals surface area contributed by atoms with Crippen LogP contribution in [0.4, 0.5) is 0 Å². The number of hydrogen-bond acceptors (Lipinski definition) is 1. The molecule has 0 heterocycles. The van der Waals surface area contributed by atoms with E-state index in [0.29, 0.717) is 10.8 Å². The average molecular weight is 375 g/mol. The Morgan fingerprint density at radius 1 is 0.815 bits per heavy atom. The van der Waals surface area contributed by atoms with E-state index in [-0.39, 0.29) is 6.10 Å².